The second kappa shape index (κ2) is 8.76. The molecule has 3 aliphatic rings. The van der Waals surface area contributed by atoms with E-state index < -0.39 is 46.0 Å². The topological polar surface area (TPSA) is 75.4 Å². The molecule has 2 aromatic carbocycles. The first kappa shape index (κ1) is 25.8. The number of alkyl halides is 3. The van der Waals surface area contributed by atoms with Crippen molar-refractivity contribution >= 4 is 20.9 Å². The standard InChI is InChI=1S/C27H29F4N3O3S/c28-21-5-7-22(8-6-21)34-24-14-18-3-1-4-20-15-26(35,27(29,30)31)10-9-25(20,23(18)13-19(24)16-32-34)17-33-11-2-12-38(33,36)37/h5-8,13-14,16,20,35H,1-4,9-12,15,17H2. The molecule has 6 nitrogen and oxygen atoms in total. The molecule has 204 valence electrons. The largest absolute Gasteiger partial charge is 0.417 e. The Bertz CT molecular complexity index is 1490. The molecule has 6 rings (SSSR count). The van der Waals surface area contributed by atoms with Gasteiger partial charge in [0.05, 0.1) is 23.2 Å². The fourth-order valence-corrected chi connectivity index (χ4v) is 8.51. The number of rotatable bonds is 3. The molecule has 2 heterocycles. The minimum atomic E-state index is -4.76. The van der Waals surface area contributed by atoms with Crippen LogP contribution in [-0.4, -0.2) is 58.2 Å². The van der Waals surface area contributed by atoms with Gasteiger partial charge in [-0.25, -0.2) is 21.8 Å². The van der Waals surface area contributed by atoms with E-state index in [9.17, 15) is 31.1 Å². The Morgan fingerprint density at radius 1 is 1.11 bits per heavy atom. The maximum absolute atomic E-state index is 13.9. The summed E-state index contributed by atoms with van der Waals surface area (Å²) >= 11 is 0. The van der Waals surface area contributed by atoms with Crippen molar-refractivity contribution in [2.45, 2.75) is 62.1 Å². The highest BCUT2D eigenvalue weighted by molar-refractivity contribution is 7.89. The van der Waals surface area contributed by atoms with Gasteiger partial charge in [-0.3, -0.25) is 0 Å². The van der Waals surface area contributed by atoms with Gasteiger partial charge < -0.3 is 5.11 Å². The molecule has 0 spiro atoms. The van der Waals surface area contributed by atoms with E-state index in [1.165, 1.54) is 16.4 Å². The van der Waals surface area contributed by atoms with Gasteiger partial charge >= 0.3 is 6.18 Å². The van der Waals surface area contributed by atoms with Crippen LogP contribution in [0.4, 0.5) is 17.6 Å². The summed E-state index contributed by atoms with van der Waals surface area (Å²) in [6, 6.07) is 9.91. The third-order valence-corrected chi connectivity index (χ3v) is 10.8. The molecule has 1 saturated carbocycles. The monoisotopic (exact) mass is 551 g/mol. The van der Waals surface area contributed by atoms with Crippen molar-refractivity contribution in [3.8, 4) is 5.69 Å². The minimum Gasteiger partial charge on any atom is -0.380 e. The smallest absolute Gasteiger partial charge is 0.380 e. The summed E-state index contributed by atoms with van der Waals surface area (Å²) in [5.41, 5.74) is -0.352. The number of fused-ring (bicyclic) bond motifs is 4. The van der Waals surface area contributed by atoms with Crippen LogP contribution in [0, 0.1) is 11.7 Å². The van der Waals surface area contributed by atoms with Gasteiger partial charge in [0.2, 0.25) is 10.0 Å². The van der Waals surface area contributed by atoms with E-state index in [0.717, 1.165) is 22.0 Å². The Morgan fingerprint density at radius 3 is 2.55 bits per heavy atom. The molecule has 1 aliphatic heterocycles. The number of sulfonamides is 1. The van der Waals surface area contributed by atoms with Gasteiger partial charge in [0, 0.05) is 23.9 Å². The maximum Gasteiger partial charge on any atom is 0.417 e. The molecule has 3 unspecified atom stereocenters. The van der Waals surface area contributed by atoms with Gasteiger partial charge in [-0.1, -0.05) is 0 Å². The Labute approximate surface area is 218 Å². The van der Waals surface area contributed by atoms with Crippen LogP contribution in [0.5, 0.6) is 0 Å². The summed E-state index contributed by atoms with van der Waals surface area (Å²) in [7, 11) is -3.49. The molecule has 38 heavy (non-hydrogen) atoms. The van der Waals surface area contributed by atoms with Crippen molar-refractivity contribution in [3.63, 3.8) is 0 Å². The van der Waals surface area contributed by atoms with Crippen molar-refractivity contribution in [1.29, 1.82) is 0 Å². The third kappa shape index (κ3) is 4.05. The zero-order chi connectivity index (χ0) is 26.9. The number of benzene rings is 2. The lowest BCUT2D eigenvalue weighted by molar-refractivity contribution is -0.279. The predicted molar refractivity (Wildman–Crippen MR) is 134 cm³/mol. The first-order valence-electron chi connectivity index (χ1n) is 13.0. The highest BCUT2D eigenvalue weighted by Crippen LogP contribution is 2.56. The second-order valence-corrected chi connectivity index (χ2v) is 13.2. The number of nitrogens with zero attached hydrogens (tertiary/aromatic N) is 3. The summed E-state index contributed by atoms with van der Waals surface area (Å²) in [5, 5.41) is 16.0. The summed E-state index contributed by atoms with van der Waals surface area (Å²) in [5.74, 6) is -0.860. The molecular weight excluding hydrogens is 522 g/mol. The summed E-state index contributed by atoms with van der Waals surface area (Å²) in [4.78, 5) is 0. The van der Waals surface area contributed by atoms with Crippen LogP contribution in [0.15, 0.2) is 42.6 Å². The molecule has 2 aliphatic carbocycles. The SMILES string of the molecule is O=S1(=O)CCCN1CC12CCC(O)(C(F)(F)F)CC1CCCc1cc3c(cnn3-c3ccc(F)cc3)cc12. The second-order valence-electron chi connectivity index (χ2n) is 11.1. The van der Waals surface area contributed by atoms with Crippen LogP contribution < -0.4 is 0 Å². The molecule has 0 amide bonds. The fourth-order valence-electron chi connectivity index (χ4n) is 6.92. The number of hydrogen-bond acceptors (Lipinski definition) is 4. The van der Waals surface area contributed by atoms with E-state index in [0.29, 0.717) is 37.9 Å². The van der Waals surface area contributed by atoms with Crippen LogP contribution in [0.3, 0.4) is 0 Å². The van der Waals surface area contributed by atoms with E-state index in [2.05, 4.69) is 5.10 Å². The molecule has 0 radical (unpaired) electrons. The number of aliphatic hydroxyl groups is 1. The van der Waals surface area contributed by atoms with Crippen molar-refractivity contribution in [2.75, 3.05) is 18.8 Å². The summed E-state index contributed by atoms with van der Waals surface area (Å²) < 4.78 is 84.2. The van der Waals surface area contributed by atoms with E-state index in [-0.39, 0.29) is 24.5 Å². The number of aryl methyl sites for hydroxylation is 1. The Kier molecular flexibility index (Phi) is 5.94. The van der Waals surface area contributed by atoms with Gasteiger partial charge in [-0.05, 0) is 98.4 Å². The van der Waals surface area contributed by atoms with Crippen LogP contribution in [0.2, 0.25) is 0 Å². The minimum absolute atomic E-state index is 0.0320. The predicted octanol–water partition coefficient (Wildman–Crippen LogP) is 4.87. The highest BCUT2D eigenvalue weighted by atomic mass is 32.2. The fraction of sp³-hybridized carbons (Fsp3) is 0.519. The normalized spacial score (nSPS) is 29.7. The van der Waals surface area contributed by atoms with E-state index >= 15 is 0 Å². The van der Waals surface area contributed by atoms with Gasteiger partial charge in [0.25, 0.3) is 0 Å². The van der Waals surface area contributed by atoms with Crippen LogP contribution >= 0.6 is 0 Å². The van der Waals surface area contributed by atoms with Crippen molar-refractivity contribution < 1.29 is 31.1 Å². The molecule has 0 bridgehead atoms. The van der Waals surface area contributed by atoms with Gasteiger partial charge in [0.1, 0.15) is 5.82 Å². The van der Waals surface area contributed by atoms with Crippen molar-refractivity contribution in [3.05, 3.63) is 59.5 Å². The van der Waals surface area contributed by atoms with E-state index in [1.807, 2.05) is 12.1 Å². The van der Waals surface area contributed by atoms with Crippen LogP contribution in [-0.2, 0) is 21.9 Å². The Morgan fingerprint density at radius 2 is 1.87 bits per heavy atom. The lowest BCUT2D eigenvalue weighted by Crippen LogP contribution is -2.57. The number of aromatic nitrogens is 2. The maximum atomic E-state index is 13.9. The quantitative estimate of drug-likeness (QED) is 0.472. The zero-order valence-electron chi connectivity index (χ0n) is 20.7. The van der Waals surface area contributed by atoms with Crippen molar-refractivity contribution in [2.24, 2.45) is 5.92 Å². The molecule has 3 atom stereocenters. The molecular formula is C27H29F4N3O3S. The number of halogens is 4. The highest BCUT2D eigenvalue weighted by Gasteiger charge is 2.61. The Hall–Kier alpha value is -2.50. The van der Waals surface area contributed by atoms with Gasteiger partial charge in [-0.2, -0.15) is 18.3 Å². The molecule has 3 aromatic rings. The molecule has 2 fully saturated rings. The van der Waals surface area contributed by atoms with Gasteiger partial charge in [0.15, 0.2) is 5.60 Å². The van der Waals surface area contributed by atoms with E-state index in [4.69, 9.17) is 0 Å². The average Bonchev–Trinajstić information content (AvgIpc) is 3.37. The lowest BCUT2D eigenvalue weighted by Gasteiger charge is -2.51. The molecule has 11 heteroatoms. The van der Waals surface area contributed by atoms with E-state index in [1.54, 1.807) is 23.0 Å². The molecule has 1 saturated heterocycles. The first-order chi connectivity index (χ1) is 17.9. The molecule has 1 aromatic heterocycles. The first-order valence-corrected chi connectivity index (χ1v) is 14.6. The number of hydrogen-bond donors (Lipinski definition) is 1. The van der Waals surface area contributed by atoms with Gasteiger partial charge in [-0.15, -0.1) is 0 Å². The van der Waals surface area contributed by atoms with Crippen LogP contribution in [0.25, 0.3) is 16.6 Å². The summed E-state index contributed by atoms with van der Waals surface area (Å²) in [6.45, 7) is 0.457. The molecule has 1 N–H and O–H groups in total. The third-order valence-electron chi connectivity index (χ3n) is 8.94. The zero-order valence-corrected chi connectivity index (χ0v) is 21.5. The van der Waals surface area contributed by atoms with Crippen LogP contribution in [0.1, 0.15) is 49.7 Å². The van der Waals surface area contributed by atoms with Crippen molar-refractivity contribution in [1.82, 2.24) is 14.1 Å². The summed E-state index contributed by atoms with van der Waals surface area (Å²) in [6.07, 6.45) is -1.78. The Balaban J connectivity index is 1.50. The lowest BCUT2D eigenvalue weighted by atomic mass is 9.57. The average molecular weight is 552 g/mol.